The Morgan fingerprint density at radius 2 is 1.96 bits per heavy atom. The average Bonchev–Trinajstić information content (AvgIpc) is 3.05. The van der Waals surface area contributed by atoms with Crippen molar-refractivity contribution in [1.82, 2.24) is 5.32 Å². The second-order valence-corrected chi connectivity index (χ2v) is 6.79. The van der Waals surface area contributed by atoms with Gasteiger partial charge in [-0.1, -0.05) is 31.2 Å². The Labute approximate surface area is 157 Å². The molecule has 1 fully saturated rings. The molecule has 6 heteroatoms. The van der Waals surface area contributed by atoms with Gasteiger partial charge in [0.25, 0.3) is 0 Å². The first-order valence-corrected chi connectivity index (χ1v) is 9.04. The molecule has 27 heavy (non-hydrogen) atoms. The number of nitrogens with zero attached hydrogens (tertiary/aromatic N) is 1. The van der Waals surface area contributed by atoms with Crippen LogP contribution in [0.3, 0.4) is 0 Å². The molecule has 142 valence electrons. The first-order valence-electron chi connectivity index (χ1n) is 9.04. The van der Waals surface area contributed by atoms with Gasteiger partial charge in [-0.3, -0.25) is 9.59 Å². The Balaban J connectivity index is 1.69. The molecular weight excluding hydrogens is 350 g/mol. The van der Waals surface area contributed by atoms with Crippen LogP contribution in [0.5, 0.6) is 0 Å². The van der Waals surface area contributed by atoms with Crippen LogP contribution in [0, 0.1) is 17.6 Å². The van der Waals surface area contributed by atoms with Crippen LogP contribution < -0.4 is 10.2 Å². The van der Waals surface area contributed by atoms with E-state index in [9.17, 15) is 18.4 Å². The number of aryl methyl sites for hydroxylation is 1. The van der Waals surface area contributed by atoms with Crippen molar-refractivity contribution < 1.29 is 18.4 Å². The zero-order valence-electron chi connectivity index (χ0n) is 15.3. The van der Waals surface area contributed by atoms with Crippen LogP contribution in [-0.4, -0.2) is 18.4 Å². The maximum absolute atomic E-state index is 13.4. The molecule has 2 aromatic rings. The number of carbonyl (C=O) groups is 2. The number of nitrogens with one attached hydrogen (secondary N) is 1. The Kier molecular flexibility index (Phi) is 5.54. The van der Waals surface area contributed by atoms with Gasteiger partial charge in [0.2, 0.25) is 11.8 Å². The lowest BCUT2D eigenvalue weighted by molar-refractivity contribution is -0.126. The highest BCUT2D eigenvalue weighted by molar-refractivity contribution is 6.00. The molecule has 2 atom stereocenters. The molecule has 1 aliphatic heterocycles. The van der Waals surface area contributed by atoms with Crippen LogP contribution >= 0.6 is 0 Å². The summed E-state index contributed by atoms with van der Waals surface area (Å²) in [6, 6.07) is 10.7. The lowest BCUT2D eigenvalue weighted by Crippen LogP contribution is -2.34. The monoisotopic (exact) mass is 372 g/mol. The maximum atomic E-state index is 13.4. The van der Waals surface area contributed by atoms with Crippen molar-refractivity contribution in [3.63, 3.8) is 0 Å². The molecule has 1 heterocycles. The summed E-state index contributed by atoms with van der Waals surface area (Å²) in [6.45, 7) is 4.03. The Hall–Kier alpha value is -2.76. The third-order valence-electron chi connectivity index (χ3n) is 4.96. The van der Waals surface area contributed by atoms with E-state index >= 15 is 0 Å². The summed E-state index contributed by atoms with van der Waals surface area (Å²) in [5.74, 6) is -2.71. The maximum Gasteiger partial charge on any atom is 0.227 e. The SMILES string of the molecule is CCc1ccccc1N1CC(C(=O)NC(C)c2ccc(F)c(F)c2)CC1=O. The topological polar surface area (TPSA) is 49.4 Å². The minimum Gasteiger partial charge on any atom is -0.349 e. The molecule has 1 aliphatic rings. The van der Waals surface area contributed by atoms with Gasteiger partial charge in [-0.25, -0.2) is 8.78 Å². The van der Waals surface area contributed by atoms with E-state index in [0.29, 0.717) is 12.1 Å². The fourth-order valence-corrected chi connectivity index (χ4v) is 3.39. The van der Waals surface area contributed by atoms with Gasteiger partial charge in [0, 0.05) is 18.7 Å². The van der Waals surface area contributed by atoms with Gasteiger partial charge in [0.1, 0.15) is 0 Å². The van der Waals surface area contributed by atoms with E-state index in [0.717, 1.165) is 29.8 Å². The second-order valence-electron chi connectivity index (χ2n) is 6.79. The summed E-state index contributed by atoms with van der Waals surface area (Å²) < 4.78 is 26.5. The molecular formula is C21H22F2N2O2. The van der Waals surface area contributed by atoms with Gasteiger partial charge in [-0.15, -0.1) is 0 Å². The van der Waals surface area contributed by atoms with Crippen molar-refractivity contribution in [2.75, 3.05) is 11.4 Å². The van der Waals surface area contributed by atoms with Crippen LogP contribution in [0.25, 0.3) is 0 Å². The van der Waals surface area contributed by atoms with Crippen LogP contribution in [0.1, 0.15) is 37.4 Å². The molecule has 2 amide bonds. The van der Waals surface area contributed by atoms with Gasteiger partial charge >= 0.3 is 0 Å². The number of benzene rings is 2. The van der Waals surface area contributed by atoms with Crippen molar-refractivity contribution in [2.45, 2.75) is 32.7 Å². The van der Waals surface area contributed by atoms with E-state index in [1.54, 1.807) is 11.8 Å². The number of para-hydroxylation sites is 1. The van der Waals surface area contributed by atoms with Crippen molar-refractivity contribution in [1.29, 1.82) is 0 Å². The molecule has 1 saturated heterocycles. The molecule has 0 spiro atoms. The van der Waals surface area contributed by atoms with E-state index in [2.05, 4.69) is 5.32 Å². The lowest BCUT2D eigenvalue weighted by atomic mass is 10.0. The molecule has 0 aliphatic carbocycles. The van der Waals surface area contributed by atoms with Crippen molar-refractivity contribution in [2.24, 2.45) is 5.92 Å². The summed E-state index contributed by atoms with van der Waals surface area (Å²) in [7, 11) is 0. The molecule has 2 unspecified atom stereocenters. The normalized spacial score (nSPS) is 17.9. The number of rotatable bonds is 5. The molecule has 1 N–H and O–H groups in total. The van der Waals surface area contributed by atoms with Gasteiger partial charge in [0.15, 0.2) is 11.6 Å². The fourth-order valence-electron chi connectivity index (χ4n) is 3.39. The summed E-state index contributed by atoms with van der Waals surface area (Å²) in [5.41, 5.74) is 2.37. The smallest absolute Gasteiger partial charge is 0.227 e. The van der Waals surface area contributed by atoms with Gasteiger partial charge in [0.05, 0.1) is 12.0 Å². The number of hydrogen-bond acceptors (Lipinski definition) is 2. The van der Waals surface area contributed by atoms with E-state index in [4.69, 9.17) is 0 Å². The minimum atomic E-state index is -0.952. The van der Waals surface area contributed by atoms with Crippen LogP contribution in [0.4, 0.5) is 14.5 Å². The number of amides is 2. The summed E-state index contributed by atoms with van der Waals surface area (Å²) in [4.78, 5) is 26.7. The van der Waals surface area contributed by atoms with Crippen molar-refractivity contribution in [3.8, 4) is 0 Å². The zero-order valence-corrected chi connectivity index (χ0v) is 15.3. The van der Waals surface area contributed by atoms with E-state index in [1.807, 2.05) is 31.2 Å². The second kappa shape index (κ2) is 7.86. The van der Waals surface area contributed by atoms with Gasteiger partial charge < -0.3 is 10.2 Å². The summed E-state index contributed by atoms with van der Waals surface area (Å²) >= 11 is 0. The predicted octanol–water partition coefficient (Wildman–Crippen LogP) is 3.76. The Morgan fingerprint density at radius 3 is 2.67 bits per heavy atom. The molecule has 0 bridgehead atoms. The Morgan fingerprint density at radius 1 is 1.22 bits per heavy atom. The molecule has 2 aromatic carbocycles. The average molecular weight is 372 g/mol. The predicted molar refractivity (Wildman–Crippen MR) is 99.2 cm³/mol. The first kappa shape index (κ1) is 19.0. The van der Waals surface area contributed by atoms with Crippen LogP contribution in [-0.2, 0) is 16.0 Å². The third-order valence-corrected chi connectivity index (χ3v) is 4.96. The highest BCUT2D eigenvalue weighted by atomic mass is 19.2. The quantitative estimate of drug-likeness (QED) is 0.869. The molecule has 3 rings (SSSR count). The van der Waals surface area contributed by atoms with E-state index in [-0.39, 0.29) is 18.2 Å². The highest BCUT2D eigenvalue weighted by Crippen LogP contribution is 2.29. The van der Waals surface area contributed by atoms with E-state index < -0.39 is 23.6 Å². The first-order chi connectivity index (χ1) is 12.9. The third kappa shape index (κ3) is 3.99. The van der Waals surface area contributed by atoms with Crippen molar-refractivity contribution >= 4 is 17.5 Å². The number of anilines is 1. The minimum absolute atomic E-state index is 0.0865. The van der Waals surface area contributed by atoms with Crippen LogP contribution in [0.15, 0.2) is 42.5 Å². The molecule has 0 saturated carbocycles. The lowest BCUT2D eigenvalue weighted by Gasteiger charge is -2.21. The number of hydrogen-bond donors (Lipinski definition) is 1. The molecule has 4 nitrogen and oxygen atoms in total. The number of carbonyl (C=O) groups excluding carboxylic acids is 2. The largest absolute Gasteiger partial charge is 0.349 e. The van der Waals surface area contributed by atoms with Crippen LogP contribution in [0.2, 0.25) is 0 Å². The zero-order chi connectivity index (χ0) is 19.6. The fraction of sp³-hybridized carbons (Fsp3) is 0.333. The summed E-state index contributed by atoms with van der Waals surface area (Å²) in [5, 5.41) is 2.80. The van der Waals surface area contributed by atoms with E-state index in [1.165, 1.54) is 6.07 Å². The van der Waals surface area contributed by atoms with Crippen molar-refractivity contribution in [3.05, 3.63) is 65.2 Å². The highest BCUT2D eigenvalue weighted by Gasteiger charge is 2.36. The molecule has 0 aromatic heterocycles. The standard InChI is InChI=1S/C21H22F2N2O2/c1-3-14-6-4-5-7-19(14)25-12-16(11-20(25)26)21(27)24-13(2)15-8-9-17(22)18(23)10-15/h4-10,13,16H,3,11-12H2,1-2H3,(H,24,27). The molecule has 0 radical (unpaired) electrons. The number of halogens is 2. The van der Waals surface area contributed by atoms with Gasteiger partial charge in [-0.05, 0) is 42.7 Å². The Bertz CT molecular complexity index is 869. The summed E-state index contributed by atoms with van der Waals surface area (Å²) in [6.07, 6.45) is 0.929. The van der Waals surface area contributed by atoms with Gasteiger partial charge in [-0.2, -0.15) is 0 Å².